The number of nitrogens with one attached hydrogen (secondary N) is 1. The predicted molar refractivity (Wildman–Crippen MR) is 163 cm³/mol. The van der Waals surface area contributed by atoms with E-state index >= 15 is 0 Å². The molecule has 208 valence electrons. The summed E-state index contributed by atoms with van der Waals surface area (Å²) < 4.78 is 0. The minimum absolute atomic E-state index is 0.156. The second-order valence-corrected chi connectivity index (χ2v) is 15.0. The van der Waals surface area contributed by atoms with Crippen molar-refractivity contribution in [2.75, 3.05) is 0 Å². The maximum atomic E-state index is 13.2. The molecular weight excluding hydrogens is 448 g/mol. The van der Waals surface area contributed by atoms with Crippen LogP contribution in [0.3, 0.4) is 0 Å². The Bertz CT molecular complexity index is 670. The molecule has 0 spiro atoms. The molecule has 0 aromatic heterocycles. The molecule has 1 amide bonds. The highest BCUT2D eigenvalue weighted by molar-refractivity contribution is 6.74. The lowest BCUT2D eigenvalue weighted by Crippen LogP contribution is -2.58. The number of hydrogen-bond acceptors (Lipinski definition) is 1. The number of hydrogen-bond donors (Lipinski definition) is 1. The molecular formula is C33H59B2NO. The van der Waals surface area contributed by atoms with Gasteiger partial charge in [0.25, 0.3) is 0 Å². The number of amides is 1. The van der Waals surface area contributed by atoms with Crippen LogP contribution in [0.1, 0.15) is 167 Å². The molecule has 0 radical (unpaired) electrons. The molecule has 0 aliphatic heterocycles. The summed E-state index contributed by atoms with van der Waals surface area (Å²) in [6.07, 6.45) is 37.0. The Labute approximate surface area is 231 Å². The van der Waals surface area contributed by atoms with Gasteiger partial charge in [-0.2, -0.15) is 0 Å². The van der Waals surface area contributed by atoms with E-state index in [9.17, 15) is 4.79 Å². The third-order valence-corrected chi connectivity index (χ3v) is 12.5. The molecule has 0 saturated heterocycles. The van der Waals surface area contributed by atoms with Crippen molar-refractivity contribution in [3.8, 4) is 0 Å². The molecule has 0 aromatic rings. The number of carbonyl (C=O) groups excluding carboxylic acids is 1. The Kier molecular flexibility index (Phi) is 10.5. The molecule has 6 aliphatic carbocycles. The van der Waals surface area contributed by atoms with Gasteiger partial charge in [-0.1, -0.05) is 139 Å². The average molecular weight is 507 g/mol. The molecule has 37 heavy (non-hydrogen) atoms. The topological polar surface area (TPSA) is 29.1 Å². The van der Waals surface area contributed by atoms with Gasteiger partial charge in [-0.3, -0.25) is 4.79 Å². The third kappa shape index (κ3) is 7.84. The van der Waals surface area contributed by atoms with E-state index in [0.29, 0.717) is 17.0 Å². The zero-order valence-electron chi connectivity index (χ0n) is 24.5. The van der Waals surface area contributed by atoms with E-state index in [2.05, 4.69) is 5.32 Å². The summed E-state index contributed by atoms with van der Waals surface area (Å²) in [5.74, 6) is 4.06. The first-order valence-corrected chi connectivity index (χ1v) is 17.5. The largest absolute Gasteiger partial charge is 0.360 e. The van der Waals surface area contributed by atoms with E-state index < -0.39 is 0 Å². The molecule has 2 bridgehead atoms. The molecule has 0 heterocycles. The Morgan fingerprint density at radius 1 is 0.514 bits per heavy atom. The summed E-state index contributed by atoms with van der Waals surface area (Å²) in [6, 6.07) is 0. The van der Waals surface area contributed by atoms with E-state index in [1.807, 2.05) is 0 Å². The minimum atomic E-state index is 0.156. The van der Waals surface area contributed by atoms with Gasteiger partial charge in [0.05, 0.1) is 0 Å². The monoisotopic (exact) mass is 507 g/mol. The van der Waals surface area contributed by atoms with Gasteiger partial charge in [0.15, 0.2) is 5.81 Å². The second-order valence-electron chi connectivity index (χ2n) is 15.0. The smallest absolute Gasteiger partial charge is 0.237 e. The van der Waals surface area contributed by atoms with Crippen LogP contribution in [0, 0.1) is 11.3 Å². The van der Waals surface area contributed by atoms with E-state index in [1.54, 1.807) is 7.28 Å². The van der Waals surface area contributed by atoms with Crippen LogP contribution in [0.2, 0.25) is 17.5 Å². The Balaban J connectivity index is 1.09. The first-order valence-electron chi connectivity index (χ1n) is 17.5. The highest BCUT2D eigenvalue weighted by Gasteiger charge is 2.52. The lowest BCUT2D eigenvalue weighted by molar-refractivity contribution is -0.0246. The minimum Gasteiger partial charge on any atom is -0.360 e. The fraction of sp³-hybridized carbons (Fsp3) is 0.970. The zero-order chi connectivity index (χ0) is 25.4. The van der Waals surface area contributed by atoms with E-state index in [1.165, 1.54) is 167 Å². The molecule has 6 rings (SSSR count). The molecule has 6 saturated carbocycles. The van der Waals surface area contributed by atoms with Crippen LogP contribution in [0.15, 0.2) is 0 Å². The zero-order valence-corrected chi connectivity index (χ0v) is 24.5. The summed E-state index contributed by atoms with van der Waals surface area (Å²) in [5.41, 5.74) is 0.775. The fourth-order valence-corrected chi connectivity index (χ4v) is 10.0. The van der Waals surface area contributed by atoms with Crippen molar-refractivity contribution in [2.45, 2.75) is 190 Å². The first kappa shape index (κ1) is 28.1. The van der Waals surface area contributed by atoms with Crippen molar-refractivity contribution in [3.05, 3.63) is 0 Å². The van der Waals surface area contributed by atoms with Gasteiger partial charge in [-0.25, -0.2) is 0 Å². The Morgan fingerprint density at radius 3 is 1.57 bits per heavy atom. The van der Waals surface area contributed by atoms with Crippen LogP contribution < -0.4 is 5.32 Å². The Morgan fingerprint density at radius 2 is 0.973 bits per heavy atom. The van der Waals surface area contributed by atoms with Crippen molar-refractivity contribution in [1.82, 2.24) is 5.32 Å². The number of carbonyl (C=O) groups is 1. The van der Waals surface area contributed by atoms with Crippen molar-refractivity contribution < 1.29 is 4.79 Å². The SMILES string of the molecule is O=C(BC1CCCCCCC1)NC12CCC(C3CCCCC(BC4CCCCCCC4)CC3)(CC1)CC2. The summed E-state index contributed by atoms with van der Waals surface area (Å²) in [6.45, 7) is 0. The molecule has 2 atom stereocenters. The molecule has 0 aromatic carbocycles. The van der Waals surface area contributed by atoms with Crippen molar-refractivity contribution in [2.24, 2.45) is 11.3 Å². The van der Waals surface area contributed by atoms with Gasteiger partial charge in [0, 0.05) is 5.54 Å². The first-order chi connectivity index (χ1) is 18.1. The lowest BCUT2D eigenvalue weighted by atomic mass is 9.47. The molecule has 4 heteroatoms. The normalized spacial score (nSPS) is 37.2. The van der Waals surface area contributed by atoms with Crippen LogP contribution in [0.5, 0.6) is 0 Å². The molecule has 2 unspecified atom stereocenters. The fourth-order valence-electron chi connectivity index (χ4n) is 10.0. The highest BCUT2D eigenvalue weighted by Crippen LogP contribution is 2.58. The van der Waals surface area contributed by atoms with Crippen LogP contribution >= 0.6 is 0 Å². The molecule has 6 aliphatic rings. The van der Waals surface area contributed by atoms with Gasteiger partial charge in [0.1, 0.15) is 7.28 Å². The molecule has 6 fully saturated rings. The summed E-state index contributed by atoms with van der Waals surface area (Å²) in [5, 5.41) is 3.67. The van der Waals surface area contributed by atoms with Crippen LogP contribution in [0.4, 0.5) is 4.79 Å². The number of fused-ring (bicyclic) bond motifs is 3. The molecule has 1 N–H and O–H groups in total. The third-order valence-electron chi connectivity index (χ3n) is 12.5. The van der Waals surface area contributed by atoms with Gasteiger partial charge >= 0.3 is 0 Å². The summed E-state index contributed by atoms with van der Waals surface area (Å²) >= 11 is 0. The number of rotatable bonds is 6. The van der Waals surface area contributed by atoms with Crippen LogP contribution in [-0.2, 0) is 0 Å². The average Bonchev–Trinajstić information content (AvgIpc) is 2.85. The molecule has 2 nitrogen and oxygen atoms in total. The second kappa shape index (κ2) is 13.8. The lowest BCUT2D eigenvalue weighted by Gasteiger charge is -2.57. The maximum Gasteiger partial charge on any atom is 0.237 e. The van der Waals surface area contributed by atoms with E-state index in [4.69, 9.17) is 0 Å². The van der Waals surface area contributed by atoms with Crippen molar-refractivity contribution >= 4 is 20.4 Å². The summed E-state index contributed by atoms with van der Waals surface area (Å²) in [4.78, 5) is 13.2. The quantitative estimate of drug-likeness (QED) is 0.357. The predicted octanol–water partition coefficient (Wildman–Crippen LogP) is 9.49. The van der Waals surface area contributed by atoms with Gasteiger partial charge in [-0.05, 0) is 56.3 Å². The van der Waals surface area contributed by atoms with Crippen LogP contribution in [-0.4, -0.2) is 25.9 Å². The van der Waals surface area contributed by atoms with Gasteiger partial charge in [-0.15, -0.1) is 0 Å². The van der Waals surface area contributed by atoms with E-state index in [0.717, 1.165) is 24.8 Å². The van der Waals surface area contributed by atoms with Crippen molar-refractivity contribution in [3.63, 3.8) is 0 Å². The van der Waals surface area contributed by atoms with Gasteiger partial charge < -0.3 is 5.32 Å². The highest BCUT2D eigenvalue weighted by atomic mass is 16.1. The van der Waals surface area contributed by atoms with Crippen LogP contribution in [0.25, 0.3) is 0 Å². The standard InChI is InChI=1S/C33H59B2NO/c37-31(35-29-16-9-5-2-6-10-17-29)36-33-24-21-32(22-25-33,23-26-33)27-13-11-12-18-30(20-19-27)34-28-14-7-3-1-4-8-15-28/h27-30,34-35H,1-26H2,(H,36,37). The van der Waals surface area contributed by atoms with Crippen molar-refractivity contribution in [1.29, 1.82) is 0 Å². The maximum absolute atomic E-state index is 13.2. The summed E-state index contributed by atoms with van der Waals surface area (Å²) in [7, 11) is 2.35. The van der Waals surface area contributed by atoms with E-state index in [-0.39, 0.29) is 5.54 Å². The Hall–Kier alpha value is -0.400. The van der Waals surface area contributed by atoms with Gasteiger partial charge in [0.2, 0.25) is 7.28 Å².